The van der Waals surface area contributed by atoms with E-state index in [0.717, 1.165) is 25.7 Å². The van der Waals surface area contributed by atoms with Crippen molar-refractivity contribution in [2.24, 2.45) is 11.7 Å². The zero-order chi connectivity index (χ0) is 17.0. The van der Waals surface area contributed by atoms with Crippen LogP contribution in [-0.4, -0.2) is 34.5 Å². The van der Waals surface area contributed by atoms with Crippen molar-refractivity contribution >= 4 is 24.2 Å². The molecule has 0 aliphatic heterocycles. The molecule has 1 fully saturated rings. The number of hydrogen-bond acceptors (Lipinski definition) is 6. The van der Waals surface area contributed by atoms with E-state index < -0.39 is 11.6 Å². The van der Waals surface area contributed by atoms with E-state index in [0.29, 0.717) is 11.7 Å². The SMILES string of the molecule is Cc1nc(C2(NC(=O)CNC(=O)[C@@H](N)C(C)C)CCCC2)no1.Cl. The summed E-state index contributed by atoms with van der Waals surface area (Å²) in [4.78, 5) is 28.3. The zero-order valence-electron chi connectivity index (χ0n) is 14.3. The third-order valence-electron chi connectivity index (χ3n) is 4.24. The number of rotatable bonds is 6. The molecule has 0 bridgehead atoms. The molecule has 0 radical (unpaired) electrons. The Morgan fingerprint density at radius 2 is 1.96 bits per heavy atom. The van der Waals surface area contributed by atoms with E-state index in [-0.39, 0.29) is 36.7 Å². The lowest BCUT2D eigenvalue weighted by Gasteiger charge is -2.27. The fourth-order valence-corrected chi connectivity index (χ4v) is 2.78. The summed E-state index contributed by atoms with van der Waals surface area (Å²) in [5.74, 6) is 0.383. The summed E-state index contributed by atoms with van der Waals surface area (Å²) in [5, 5.41) is 9.50. The molecule has 0 saturated heterocycles. The number of carbonyl (C=O) groups is 2. The van der Waals surface area contributed by atoms with Gasteiger partial charge in [-0.1, -0.05) is 31.8 Å². The van der Waals surface area contributed by atoms with Gasteiger partial charge in [-0.25, -0.2) is 0 Å². The summed E-state index contributed by atoms with van der Waals surface area (Å²) < 4.78 is 5.04. The number of aryl methyl sites for hydroxylation is 1. The summed E-state index contributed by atoms with van der Waals surface area (Å²) in [6.07, 6.45) is 3.49. The van der Waals surface area contributed by atoms with Crippen molar-refractivity contribution in [3.63, 3.8) is 0 Å². The zero-order valence-corrected chi connectivity index (χ0v) is 15.1. The van der Waals surface area contributed by atoms with Gasteiger partial charge in [0.25, 0.3) is 0 Å². The van der Waals surface area contributed by atoms with Crippen LogP contribution in [0.1, 0.15) is 51.2 Å². The number of aromatic nitrogens is 2. The minimum absolute atomic E-state index is 0. The minimum Gasteiger partial charge on any atom is -0.346 e. The molecule has 1 heterocycles. The van der Waals surface area contributed by atoms with Crippen molar-refractivity contribution in [3.05, 3.63) is 11.7 Å². The standard InChI is InChI=1S/C15H25N5O3.ClH/c1-9(2)12(16)13(22)17-8-11(21)19-15(6-4-5-7-15)14-18-10(3)23-20-14;/h9,12H,4-8,16H2,1-3H3,(H,17,22)(H,19,21);1H/t12-;/m0./s1. The van der Waals surface area contributed by atoms with E-state index >= 15 is 0 Å². The number of nitrogens with one attached hydrogen (secondary N) is 2. The van der Waals surface area contributed by atoms with Crippen LogP contribution in [-0.2, 0) is 15.1 Å². The minimum atomic E-state index is -0.622. The molecule has 1 saturated carbocycles. The van der Waals surface area contributed by atoms with Crippen LogP contribution in [0.2, 0.25) is 0 Å². The average Bonchev–Trinajstić information content (AvgIpc) is 3.13. The number of nitrogens with two attached hydrogens (primary N) is 1. The van der Waals surface area contributed by atoms with Crippen molar-refractivity contribution in [2.75, 3.05) is 6.54 Å². The molecule has 136 valence electrons. The summed E-state index contributed by atoms with van der Waals surface area (Å²) in [7, 11) is 0. The highest BCUT2D eigenvalue weighted by atomic mass is 35.5. The average molecular weight is 360 g/mol. The molecule has 1 aromatic heterocycles. The van der Waals surface area contributed by atoms with Gasteiger partial charge in [0.15, 0.2) is 5.82 Å². The van der Waals surface area contributed by atoms with E-state index in [1.54, 1.807) is 6.92 Å². The topological polar surface area (TPSA) is 123 Å². The van der Waals surface area contributed by atoms with Crippen molar-refractivity contribution in [3.8, 4) is 0 Å². The van der Waals surface area contributed by atoms with Gasteiger partial charge in [0.1, 0.15) is 5.54 Å². The number of carbonyl (C=O) groups excluding carboxylic acids is 2. The predicted molar refractivity (Wildman–Crippen MR) is 90.4 cm³/mol. The highest BCUT2D eigenvalue weighted by molar-refractivity contribution is 5.87. The first-order valence-corrected chi connectivity index (χ1v) is 7.99. The first-order chi connectivity index (χ1) is 10.8. The van der Waals surface area contributed by atoms with Crippen molar-refractivity contribution in [2.45, 2.75) is 58.0 Å². The molecule has 0 unspecified atom stereocenters. The first-order valence-electron chi connectivity index (χ1n) is 7.99. The van der Waals surface area contributed by atoms with Gasteiger partial charge >= 0.3 is 0 Å². The maximum Gasteiger partial charge on any atom is 0.240 e. The molecule has 9 heteroatoms. The Kier molecular flexibility index (Phi) is 7.16. The Bertz CT molecular complexity index is 569. The second kappa shape index (κ2) is 8.43. The van der Waals surface area contributed by atoms with E-state index in [9.17, 15) is 9.59 Å². The van der Waals surface area contributed by atoms with Gasteiger partial charge in [-0.15, -0.1) is 12.4 Å². The number of amides is 2. The highest BCUT2D eigenvalue weighted by Gasteiger charge is 2.41. The molecule has 1 aromatic rings. The van der Waals surface area contributed by atoms with Gasteiger partial charge in [0, 0.05) is 6.92 Å². The van der Waals surface area contributed by atoms with E-state index in [1.807, 2.05) is 13.8 Å². The van der Waals surface area contributed by atoms with Gasteiger partial charge in [-0.3, -0.25) is 9.59 Å². The van der Waals surface area contributed by atoms with Crippen LogP contribution in [0.4, 0.5) is 0 Å². The van der Waals surface area contributed by atoms with E-state index in [1.165, 1.54) is 0 Å². The largest absolute Gasteiger partial charge is 0.346 e. The maximum atomic E-state index is 12.2. The van der Waals surface area contributed by atoms with Crippen molar-refractivity contribution in [1.82, 2.24) is 20.8 Å². The summed E-state index contributed by atoms with van der Waals surface area (Å²) in [5.41, 5.74) is 5.16. The Hall–Kier alpha value is -1.67. The van der Waals surface area contributed by atoms with Crippen LogP contribution in [0.5, 0.6) is 0 Å². The second-order valence-corrected chi connectivity index (χ2v) is 6.46. The molecule has 8 nitrogen and oxygen atoms in total. The summed E-state index contributed by atoms with van der Waals surface area (Å²) >= 11 is 0. The highest BCUT2D eigenvalue weighted by Crippen LogP contribution is 2.37. The molecule has 1 aliphatic carbocycles. The fraction of sp³-hybridized carbons (Fsp3) is 0.733. The van der Waals surface area contributed by atoms with Crippen LogP contribution < -0.4 is 16.4 Å². The van der Waals surface area contributed by atoms with Crippen LogP contribution in [0.25, 0.3) is 0 Å². The third kappa shape index (κ3) is 4.67. The second-order valence-electron chi connectivity index (χ2n) is 6.46. The van der Waals surface area contributed by atoms with Crippen molar-refractivity contribution in [1.29, 1.82) is 0 Å². The molecule has 2 rings (SSSR count). The molecule has 2 amide bonds. The summed E-state index contributed by atoms with van der Waals surface area (Å²) in [6, 6.07) is -0.622. The Labute approximate surface area is 147 Å². The molecule has 1 aliphatic rings. The molecular weight excluding hydrogens is 334 g/mol. The van der Waals surface area contributed by atoms with Gasteiger partial charge in [-0.05, 0) is 18.8 Å². The lowest BCUT2D eigenvalue weighted by Crippen LogP contribution is -2.51. The first kappa shape index (κ1) is 20.4. The Balaban J connectivity index is 0.00000288. The van der Waals surface area contributed by atoms with Gasteiger partial charge < -0.3 is 20.9 Å². The molecule has 4 N–H and O–H groups in total. The lowest BCUT2D eigenvalue weighted by molar-refractivity contribution is -0.128. The van der Waals surface area contributed by atoms with Gasteiger partial charge in [0.2, 0.25) is 17.7 Å². The lowest BCUT2D eigenvalue weighted by atomic mass is 9.96. The smallest absolute Gasteiger partial charge is 0.240 e. The normalized spacial score (nSPS) is 17.2. The predicted octanol–water partition coefficient (Wildman–Crippen LogP) is 0.785. The number of nitrogens with zero attached hydrogens (tertiary/aromatic N) is 2. The summed E-state index contributed by atoms with van der Waals surface area (Å²) in [6.45, 7) is 5.32. The number of hydrogen-bond donors (Lipinski definition) is 3. The molecule has 1 atom stereocenters. The molecular formula is C15H26ClN5O3. The quantitative estimate of drug-likeness (QED) is 0.689. The third-order valence-corrected chi connectivity index (χ3v) is 4.24. The van der Waals surface area contributed by atoms with Gasteiger partial charge in [0.05, 0.1) is 12.6 Å². The Morgan fingerprint density at radius 3 is 2.46 bits per heavy atom. The van der Waals surface area contributed by atoms with Crippen LogP contribution >= 0.6 is 12.4 Å². The van der Waals surface area contributed by atoms with Crippen LogP contribution in [0.15, 0.2) is 4.52 Å². The van der Waals surface area contributed by atoms with Crippen molar-refractivity contribution < 1.29 is 14.1 Å². The van der Waals surface area contributed by atoms with Crippen LogP contribution in [0, 0.1) is 12.8 Å². The van der Waals surface area contributed by atoms with Crippen LogP contribution in [0.3, 0.4) is 0 Å². The van der Waals surface area contributed by atoms with E-state index in [4.69, 9.17) is 10.3 Å². The monoisotopic (exact) mass is 359 g/mol. The van der Waals surface area contributed by atoms with Gasteiger partial charge in [-0.2, -0.15) is 4.98 Å². The molecule has 24 heavy (non-hydrogen) atoms. The Morgan fingerprint density at radius 1 is 1.33 bits per heavy atom. The van der Waals surface area contributed by atoms with E-state index in [2.05, 4.69) is 20.8 Å². The maximum absolute atomic E-state index is 12.2. The molecule has 0 aromatic carbocycles. The molecule has 0 spiro atoms. The fourth-order valence-electron chi connectivity index (χ4n) is 2.78. The number of halogens is 1.